The lowest BCUT2D eigenvalue weighted by Gasteiger charge is -2.03. The Labute approximate surface area is 103 Å². The Bertz CT molecular complexity index is 542. The lowest BCUT2D eigenvalue weighted by atomic mass is 10.1. The zero-order chi connectivity index (χ0) is 13.1. The minimum atomic E-state index is -0.453. The second kappa shape index (κ2) is 5.11. The summed E-state index contributed by atoms with van der Waals surface area (Å²) in [6, 6.07) is 4.40. The first kappa shape index (κ1) is 12.5. The standard InChI is InChI=1S/C11H13FN4O2/c1-16(2)11-14-10(18-15-11)8-5-7(6-13-17)3-4-9(8)12/h3-5,13,17H,6H2,1-2H3. The highest BCUT2D eigenvalue weighted by atomic mass is 19.1. The second-order valence-corrected chi connectivity index (χ2v) is 3.94. The van der Waals surface area contributed by atoms with Crippen LogP contribution >= 0.6 is 0 Å². The van der Waals surface area contributed by atoms with Crippen molar-refractivity contribution in [1.29, 1.82) is 0 Å². The molecule has 2 aromatic rings. The van der Waals surface area contributed by atoms with Crippen molar-refractivity contribution in [1.82, 2.24) is 15.6 Å². The topological polar surface area (TPSA) is 74.4 Å². The molecule has 0 radical (unpaired) electrons. The highest BCUT2D eigenvalue weighted by Crippen LogP contribution is 2.23. The molecule has 0 fully saturated rings. The minimum Gasteiger partial charge on any atom is -0.344 e. The lowest BCUT2D eigenvalue weighted by molar-refractivity contribution is 0.161. The smallest absolute Gasteiger partial charge is 0.265 e. The maximum absolute atomic E-state index is 13.7. The van der Waals surface area contributed by atoms with E-state index in [1.54, 1.807) is 31.1 Å². The maximum atomic E-state index is 13.7. The molecule has 1 heterocycles. The van der Waals surface area contributed by atoms with Crippen LogP contribution in [0.5, 0.6) is 0 Å². The Balaban J connectivity index is 2.38. The SMILES string of the molecule is CN(C)c1noc(-c2cc(CNO)ccc2F)n1. The van der Waals surface area contributed by atoms with E-state index < -0.39 is 5.82 Å². The summed E-state index contributed by atoms with van der Waals surface area (Å²) < 4.78 is 18.7. The van der Waals surface area contributed by atoms with Crippen LogP contribution in [0.25, 0.3) is 11.5 Å². The molecule has 0 spiro atoms. The molecule has 0 atom stereocenters. The Morgan fingerprint density at radius 1 is 1.44 bits per heavy atom. The van der Waals surface area contributed by atoms with Gasteiger partial charge < -0.3 is 14.6 Å². The van der Waals surface area contributed by atoms with E-state index in [0.29, 0.717) is 11.5 Å². The van der Waals surface area contributed by atoms with Crippen molar-refractivity contribution in [3.63, 3.8) is 0 Å². The summed E-state index contributed by atoms with van der Waals surface area (Å²) in [6.07, 6.45) is 0. The summed E-state index contributed by atoms with van der Waals surface area (Å²) in [7, 11) is 3.52. The van der Waals surface area contributed by atoms with Crippen molar-refractivity contribution in [3.05, 3.63) is 29.6 Å². The first-order chi connectivity index (χ1) is 8.61. The Hall–Kier alpha value is -1.99. The molecule has 2 N–H and O–H groups in total. The van der Waals surface area contributed by atoms with Crippen LogP contribution in [0.3, 0.4) is 0 Å². The third-order valence-corrected chi connectivity index (χ3v) is 2.36. The van der Waals surface area contributed by atoms with Crippen LogP contribution in [0.2, 0.25) is 0 Å². The normalized spacial score (nSPS) is 10.7. The van der Waals surface area contributed by atoms with E-state index in [9.17, 15) is 4.39 Å². The maximum Gasteiger partial charge on any atom is 0.265 e. The average Bonchev–Trinajstić information content (AvgIpc) is 2.81. The highest BCUT2D eigenvalue weighted by Gasteiger charge is 2.14. The zero-order valence-electron chi connectivity index (χ0n) is 10.0. The zero-order valence-corrected chi connectivity index (χ0v) is 10.0. The molecule has 0 saturated heterocycles. The molecule has 18 heavy (non-hydrogen) atoms. The molecule has 1 aromatic heterocycles. The molecule has 0 unspecified atom stereocenters. The molecule has 0 aliphatic heterocycles. The predicted molar refractivity (Wildman–Crippen MR) is 62.6 cm³/mol. The lowest BCUT2D eigenvalue weighted by Crippen LogP contribution is -2.10. The van der Waals surface area contributed by atoms with Gasteiger partial charge in [0.25, 0.3) is 11.8 Å². The summed E-state index contributed by atoms with van der Waals surface area (Å²) in [5, 5.41) is 12.3. The van der Waals surface area contributed by atoms with Crippen LogP contribution in [0, 0.1) is 5.82 Å². The van der Waals surface area contributed by atoms with Gasteiger partial charge in [0.1, 0.15) is 5.82 Å². The van der Waals surface area contributed by atoms with Gasteiger partial charge in [0.2, 0.25) is 0 Å². The number of halogens is 1. The number of anilines is 1. The molecular formula is C11H13FN4O2. The summed E-state index contributed by atoms with van der Waals surface area (Å²) >= 11 is 0. The van der Waals surface area contributed by atoms with Crippen LogP contribution in [0.15, 0.2) is 22.7 Å². The summed E-state index contributed by atoms with van der Waals surface area (Å²) in [6.45, 7) is 0.210. The second-order valence-electron chi connectivity index (χ2n) is 3.94. The van der Waals surface area contributed by atoms with Gasteiger partial charge in [-0.2, -0.15) is 4.98 Å². The average molecular weight is 252 g/mol. The van der Waals surface area contributed by atoms with E-state index >= 15 is 0 Å². The van der Waals surface area contributed by atoms with E-state index in [-0.39, 0.29) is 18.0 Å². The van der Waals surface area contributed by atoms with Gasteiger partial charge in [-0.1, -0.05) is 6.07 Å². The number of aromatic nitrogens is 2. The van der Waals surface area contributed by atoms with Crippen molar-refractivity contribution in [2.45, 2.75) is 6.54 Å². The fraction of sp³-hybridized carbons (Fsp3) is 0.273. The quantitative estimate of drug-likeness (QED) is 0.802. The van der Waals surface area contributed by atoms with Crippen LogP contribution in [0.4, 0.5) is 10.3 Å². The van der Waals surface area contributed by atoms with Gasteiger partial charge in [-0.05, 0) is 22.9 Å². The number of nitrogens with one attached hydrogen (secondary N) is 1. The largest absolute Gasteiger partial charge is 0.344 e. The third-order valence-electron chi connectivity index (χ3n) is 2.36. The monoisotopic (exact) mass is 252 g/mol. The summed E-state index contributed by atoms with van der Waals surface area (Å²) in [4.78, 5) is 5.72. The fourth-order valence-corrected chi connectivity index (χ4v) is 1.44. The number of hydrogen-bond acceptors (Lipinski definition) is 6. The van der Waals surface area contributed by atoms with Crippen molar-refractivity contribution in [3.8, 4) is 11.5 Å². The number of nitrogens with zero attached hydrogens (tertiary/aromatic N) is 3. The molecule has 6 nitrogen and oxygen atoms in total. The molecule has 7 heteroatoms. The van der Waals surface area contributed by atoms with Crippen LogP contribution < -0.4 is 10.4 Å². The predicted octanol–water partition coefficient (Wildman–Crippen LogP) is 1.42. The van der Waals surface area contributed by atoms with E-state index in [1.165, 1.54) is 6.07 Å². The Kier molecular flexibility index (Phi) is 3.54. The molecule has 0 aliphatic carbocycles. The number of hydrogen-bond donors (Lipinski definition) is 2. The summed E-state index contributed by atoms with van der Waals surface area (Å²) in [5.74, 6) is 0.0247. The summed E-state index contributed by atoms with van der Waals surface area (Å²) in [5.41, 5.74) is 2.93. The molecule has 0 bridgehead atoms. The Morgan fingerprint density at radius 3 is 2.83 bits per heavy atom. The highest BCUT2D eigenvalue weighted by molar-refractivity contribution is 5.56. The van der Waals surface area contributed by atoms with Crippen molar-refractivity contribution < 1.29 is 14.1 Å². The van der Waals surface area contributed by atoms with Gasteiger partial charge in [0.05, 0.1) is 5.56 Å². The third kappa shape index (κ3) is 2.47. The van der Waals surface area contributed by atoms with E-state index in [0.717, 1.165) is 0 Å². The van der Waals surface area contributed by atoms with Crippen LogP contribution in [0.1, 0.15) is 5.56 Å². The van der Waals surface area contributed by atoms with Crippen molar-refractivity contribution in [2.75, 3.05) is 19.0 Å². The molecular weight excluding hydrogens is 239 g/mol. The Morgan fingerprint density at radius 2 is 2.22 bits per heavy atom. The first-order valence-electron chi connectivity index (χ1n) is 5.28. The van der Waals surface area contributed by atoms with Crippen LogP contribution in [-0.2, 0) is 6.54 Å². The van der Waals surface area contributed by atoms with Gasteiger partial charge in [0, 0.05) is 20.6 Å². The van der Waals surface area contributed by atoms with Gasteiger partial charge in [-0.15, -0.1) is 0 Å². The minimum absolute atomic E-state index is 0.107. The number of benzene rings is 1. The van der Waals surface area contributed by atoms with E-state index in [1.807, 2.05) is 5.48 Å². The molecule has 96 valence electrons. The molecule has 0 aliphatic rings. The van der Waals surface area contributed by atoms with Gasteiger partial charge in [-0.25, -0.2) is 9.87 Å². The van der Waals surface area contributed by atoms with Crippen molar-refractivity contribution >= 4 is 5.95 Å². The fourth-order valence-electron chi connectivity index (χ4n) is 1.44. The molecule has 0 amide bonds. The van der Waals surface area contributed by atoms with Crippen LogP contribution in [-0.4, -0.2) is 29.4 Å². The van der Waals surface area contributed by atoms with Gasteiger partial charge in [0.15, 0.2) is 0 Å². The number of hydroxylamine groups is 1. The van der Waals surface area contributed by atoms with E-state index in [2.05, 4.69) is 10.1 Å². The number of rotatable bonds is 4. The van der Waals surface area contributed by atoms with Crippen molar-refractivity contribution in [2.24, 2.45) is 0 Å². The van der Waals surface area contributed by atoms with Gasteiger partial charge in [-0.3, -0.25) is 0 Å². The molecule has 2 rings (SSSR count). The molecule has 1 aromatic carbocycles. The van der Waals surface area contributed by atoms with Gasteiger partial charge >= 0.3 is 0 Å². The molecule has 0 saturated carbocycles. The first-order valence-corrected chi connectivity index (χ1v) is 5.28. The van der Waals surface area contributed by atoms with E-state index in [4.69, 9.17) is 9.73 Å².